The largest absolute Gasteiger partial charge is 0.466 e. The van der Waals surface area contributed by atoms with Crippen LogP contribution < -0.4 is 0 Å². The summed E-state index contributed by atoms with van der Waals surface area (Å²) >= 11 is 0. The second kappa shape index (κ2) is 3.66. The summed E-state index contributed by atoms with van der Waals surface area (Å²) in [6.45, 7) is 1.33. The van der Waals surface area contributed by atoms with Crippen molar-refractivity contribution in [3.05, 3.63) is 11.6 Å². The Hall–Kier alpha value is -1.36. The third kappa shape index (κ3) is 2.02. The van der Waals surface area contributed by atoms with Crippen LogP contribution in [-0.2, 0) is 23.8 Å². The van der Waals surface area contributed by atoms with Crippen LogP contribution in [0.5, 0.6) is 0 Å². The van der Waals surface area contributed by atoms with Gasteiger partial charge < -0.3 is 14.2 Å². The SMILES string of the molecule is COC(=O)C1=C[C@H](OC(C)=O)[C@@H]2O[C@@H]2C1. The number of fused-ring (bicyclic) bond motifs is 1. The predicted octanol–water partition coefficient (Wildman–Crippen LogP) is 0.189. The highest BCUT2D eigenvalue weighted by Crippen LogP contribution is 2.38. The quantitative estimate of drug-likeness (QED) is 0.483. The van der Waals surface area contributed by atoms with Crippen LogP contribution in [0.2, 0.25) is 0 Å². The van der Waals surface area contributed by atoms with Crippen LogP contribution in [0.4, 0.5) is 0 Å². The fourth-order valence-corrected chi connectivity index (χ4v) is 1.76. The van der Waals surface area contributed by atoms with Gasteiger partial charge in [0.2, 0.25) is 0 Å². The lowest BCUT2D eigenvalue weighted by Crippen LogP contribution is -2.27. The molecule has 1 heterocycles. The molecule has 0 radical (unpaired) electrons. The standard InChI is InChI=1S/C10H12O5/c1-5(11)14-7-3-6(10(12)13-2)4-8-9(7)15-8/h3,7-9H,4H2,1-2H3/t7-,8+,9-/m0/s1. The smallest absolute Gasteiger partial charge is 0.333 e. The Morgan fingerprint density at radius 2 is 2.27 bits per heavy atom. The minimum Gasteiger partial charge on any atom is -0.466 e. The lowest BCUT2D eigenvalue weighted by Gasteiger charge is -2.16. The van der Waals surface area contributed by atoms with Crippen LogP contribution >= 0.6 is 0 Å². The topological polar surface area (TPSA) is 65.1 Å². The molecule has 0 aromatic rings. The molecule has 82 valence electrons. The molecule has 0 aromatic heterocycles. The van der Waals surface area contributed by atoms with Crippen molar-refractivity contribution in [1.82, 2.24) is 0 Å². The number of rotatable bonds is 2. The Morgan fingerprint density at radius 3 is 2.87 bits per heavy atom. The molecular weight excluding hydrogens is 200 g/mol. The summed E-state index contributed by atoms with van der Waals surface area (Å²) < 4.78 is 14.9. The predicted molar refractivity (Wildman–Crippen MR) is 48.9 cm³/mol. The minimum absolute atomic E-state index is 0.00606. The average Bonchev–Trinajstić information content (AvgIpc) is 2.94. The summed E-state index contributed by atoms with van der Waals surface area (Å²) in [5.74, 6) is -0.766. The number of epoxide rings is 1. The zero-order valence-electron chi connectivity index (χ0n) is 8.56. The highest BCUT2D eigenvalue weighted by molar-refractivity contribution is 5.89. The van der Waals surface area contributed by atoms with Crippen molar-refractivity contribution in [2.75, 3.05) is 7.11 Å². The van der Waals surface area contributed by atoms with Gasteiger partial charge >= 0.3 is 11.9 Å². The number of ether oxygens (including phenoxy) is 3. The van der Waals surface area contributed by atoms with Gasteiger partial charge in [-0.15, -0.1) is 0 Å². The van der Waals surface area contributed by atoms with Gasteiger partial charge in [0.1, 0.15) is 12.2 Å². The van der Waals surface area contributed by atoms with Crippen LogP contribution in [0.15, 0.2) is 11.6 Å². The molecular formula is C10H12O5. The molecule has 1 aliphatic heterocycles. The molecule has 0 bridgehead atoms. The first-order valence-electron chi connectivity index (χ1n) is 4.73. The van der Waals surface area contributed by atoms with Crippen LogP contribution in [0.3, 0.4) is 0 Å². The first-order valence-corrected chi connectivity index (χ1v) is 4.73. The van der Waals surface area contributed by atoms with E-state index in [0.717, 1.165) is 0 Å². The maximum atomic E-state index is 11.3. The maximum absolute atomic E-state index is 11.3. The highest BCUT2D eigenvalue weighted by Gasteiger charge is 2.50. The molecule has 0 saturated carbocycles. The van der Waals surface area contributed by atoms with E-state index in [1.165, 1.54) is 14.0 Å². The first-order chi connectivity index (χ1) is 7.11. The molecule has 0 unspecified atom stereocenters. The fraction of sp³-hybridized carbons (Fsp3) is 0.600. The van der Waals surface area contributed by atoms with Crippen molar-refractivity contribution in [2.24, 2.45) is 0 Å². The van der Waals surface area contributed by atoms with Crippen molar-refractivity contribution in [1.29, 1.82) is 0 Å². The number of methoxy groups -OCH3 is 1. The van der Waals surface area contributed by atoms with E-state index in [9.17, 15) is 9.59 Å². The Morgan fingerprint density at radius 1 is 1.53 bits per heavy atom. The van der Waals surface area contributed by atoms with E-state index >= 15 is 0 Å². The van der Waals surface area contributed by atoms with E-state index in [0.29, 0.717) is 12.0 Å². The lowest BCUT2D eigenvalue weighted by atomic mass is 9.97. The zero-order valence-corrected chi connectivity index (χ0v) is 8.56. The number of carbonyl (C=O) groups excluding carboxylic acids is 2. The van der Waals surface area contributed by atoms with Crippen molar-refractivity contribution in [2.45, 2.75) is 31.7 Å². The molecule has 5 heteroatoms. The zero-order chi connectivity index (χ0) is 11.0. The summed E-state index contributed by atoms with van der Waals surface area (Å²) in [4.78, 5) is 22.1. The second-order valence-electron chi connectivity index (χ2n) is 3.60. The fourth-order valence-electron chi connectivity index (χ4n) is 1.76. The molecule has 1 saturated heterocycles. The van der Waals surface area contributed by atoms with Gasteiger partial charge in [0.05, 0.1) is 13.2 Å². The van der Waals surface area contributed by atoms with E-state index in [4.69, 9.17) is 9.47 Å². The Bertz CT molecular complexity index is 333. The summed E-state index contributed by atoms with van der Waals surface area (Å²) in [5.41, 5.74) is 0.516. The van der Waals surface area contributed by atoms with Gasteiger partial charge in [-0.05, 0) is 6.08 Å². The first kappa shape index (κ1) is 10.2. The molecule has 5 nitrogen and oxygen atoms in total. The maximum Gasteiger partial charge on any atom is 0.333 e. The van der Waals surface area contributed by atoms with Crippen molar-refractivity contribution in [3.63, 3.8) is 0 Å². The number of esters is 2. The van der Waals surface area contributed by atoms with Crippen LogP contribution in [0.25, 0.3) is 0 Å². The summed E-state index contributed by atoms with van der Waals surface area (Å²) in [5, 5.41) is 0. The minimum atomic E-state index is -0.449. The van der Waals surface area contributed by atoms with Gasteiger partial charge in [0.25, 0.3) is 0 Å². The Balaban J connectivity index is 2.10. The molecule has 0 N–H and O–H groups in total. The number of hydrogen-bond donors (Lipinski definition) is 0. The number of hydrogen-bond acceptors (Lipinski definition) is 5. The number of carbonyl (C=O) groups is 2. The van der Waals surface area contributed by atoms with Gasteiger partial charge in [0, 0.05) is 18.9 Å². The second-order valence-corrected chi connectivity index (χ2v) is 3.60. The summed E-state index contributed by atoms with van der Waals surface area (Å²) in [6, 6.07) is 0. The Labute approximate surface area is 87.0 Å². The van der Waals surface area contributed by atoms with Crippen molar-refractivity contribution < 1.29 is 23.8 Å². The third-order valence-electron chi connectivity index (χ3n) is 2.48. The van der Waals surface area contributed by atoms with Gasteiger partial charge in [0.15, 0.2) is 0 Å². The van der Waals surface area contributed by atoms with E-state index in [1.807, 2.05) is 0 Å². The average molecular weight is 212 g/mol. The highest BCUT2D eigenvalue weighted by atomic mass is 16.6. The van der Waals surface area contributed by atoms with Crippen LogP contribution in [0.1, 0.15) is 13.3 Å². The summed E-state index contributed by atoms with van der Waals surface area (Å²) in [6.07, 6.45) is 1.61. The normalized spacial score (nSPS) is 32.4. The van der Waals surface area contributed by atoms with Crippen molar-refractivity contribution >= 4 is 11.9 Å². The molecule has 1 fully saturated rings. The molecule has 3 atom stereocenters. The van der Waals surface area contributed by atoms with E-state index in [2.05, 4.69) is 4.74 Å². The van der Waals surface area contributed by atoms with Gasteiger partial charge in [-0.1, -0.05) is 0 Å². The molecule has 0 aromatic carbocycles. The van der Waals surface area contributed by atoms with E-state index < -0.39 is 6.10 Å². The molecule has 2 rings (SSSR count). The van der Waals surface area contributed by atoms with E-state index in [-0.39, 0.29) is 24.1 Å². The monoisotopic (exact) mass is 212 g/mol. The van der Waals surface area contributed by atoms with Crippen LogP contribution in [0, 0.1) is 0 Å². The van der Waals surface area contributed by atoms with Gasteiger partial charge in [-0.3, -0.25) is 4.79 Å². The van der Waals surface area contributed by atoms with Gasteiger partial charge in [-0.25, -0.2) is 4.79 Å². The van der Waals surface area contributed by atoms with Gasteiger partial charge in [-0.2, -0.15) is 0 Å². The third-order valence-corrected chi connectivity index (χ3v) is 2.48. The lowest BCUT2D eigenvalue weighted by molar-refractivity contribution is -0.145. The molecule has 1 aliphatic carbocycles. The van der Waals surface area contributed by atoms with Crippen molar-refractivity contribution in [3.8, 4) is 0 Å². The van der Waals surface area contributed by atoms with Crippen LogP contribution in [-0.4, -0.2) is 37.4 Å². The molecule has 2 aliphatic rings. The molecule has 0 amide bonds. The Kier molecular flexibility index (Phi) is 2.48. The molecule has 15 heavy (non-hydrogen) atoms. The molecule has 0 spiro atoms. The summed E-state index contributed by atoms with van der Waals surface area (Å²) in [7, 11) is 1.32. The van der Waals surface area contributed by atoms with E-state index in [1.54, 1.807) is 6.08 Å².